The van der Waals surface area contributed by atoms with Gasteiger partial charge in [0.1, 0.15) is 11.3 Å². The summed E-state index contributed by atoms with van der Waals surface area (Å²) in [5, 5.41) is 6.47. The molecule has 0 aliphatic carbocycles. The molecule has 0 bridgehead atoms. The molecule has 0 unspecified atom stereocenters. The maximum absolute atomic E-state index is 12.9. The number of hydrogen-bond acceptors (Lipinski definition) is 4. The van der Waals surface area contributed by atoms with E-state index < -0.39 is 0 Å². The molecule has 128 valence electrons. The Morgan fingerprint density at radius 3 is 2.71 bits per heavy atom. The summed E-state index contributed by atoms with van der Waals surface area (Å²) in [5.74, 6) is 0.782. The van der Waals surface area contributed by atoms with E-state index in [-0.39, 0.29) is 5.56 Å². The van der Waals surface area contributed by atoms with E-state index in [1.54, 1.807) is 11.8 Å². The summed E-state index contributed by atoms with van der Waals surface area (Å²) in [5.41, 5.74) is 2.55. The first-order chi connectivity index (χ1) is 11.4. The molecular weight excluding hydrogens is 304 g/mol. The van der Waals surface area contributed by atoms with Crippen LogP contribution in [-0.2, 0) is 13.6 Å². The second-order valence-electron chi connectivity index (χ2n) is 6.44. The van der Waals surface area contributed by atoms with E-state index in [9.17, 15) is 4.79 Å². The van der Waals surface area contributed by atoms with E-state index in [0.717, 1.165) is 40.7 Å². The number of fused-ring (bicyclic) bond motifs is 3. The van der Waals surface area contributed by atoms with Gasteiger partial charge in [-0.1, -0.05) is 0 Å². The summed E-state index contributed by atoms with van der Waals surface area (Å²) in [6.07, 6.45) is 0.891. The lowest BCUT2D eigenvalue weighted by Crippen LogP contribution is -2.27. The number of ether oxygens (including phenoxy) is 1. The molecule has 2 aromatic heterocycles. The van der Waals surface area contributed by atoms with Crippen molar-refractivity contribution >= 4 is 21.8 Å². The third-order valence-electron chi connectivity index (χ3n) is 4.45. The van der Waals surface area contributed by atoms with Gasteiger partial charge in [-0.3, -0.25) is 4.79 Å². The quantitative estimate of drug-likeness (QED) is 0.720. The Morgan fingerprint density at radius 2 is 2.04 bits per heavy atom. The van der Waals surface area contributed by atoms with Crippen LogP contribution in [0.25, 0.3) is 21.8 Å². The van der Waals surface area contributed by atoms with Gasteiger partial charge >= 0.3 is 0 Å². The van der Waals surface area contributed by atoms with Crippen molar-refractivity contribution in [3.05, 3.63) is 34.2 Å². The van der Waals surface area contributed by atoms with Crippen molar-refractivity contribution in [3.8, 4) is 5.75 Å². The van der Waals surface area contributed by atoms with Crippen LogP contribution in [0.15, 0.2) is 23.0 Å². The first-order valence-electron chi connectivity index (χ1n) is 8.12. The number of benzene rings is 1. The zero-order valence-electron chi connectivity index (χ0n) is 15.0. The lowest BCUT2D eigenvalue weighted by atomic mass is 10.1. The maximum atomic E-state index is 12.9. The van der Waals surface area contributed by atoms with E-state index in [0.29, 0.717) is 12.1 Å². The zero-order chi connectivity index (χ0) is 17.4. The Labute approximate surface area is 141 Å². The number of hydrogen-bond donors (Lipinski definition) is 0. The highest BCUT2D eigenvalue weighted by molar-refractivity contribution is 6.09. The third-order valence-corrected chi connectivity index (χ3v) is 4.45. The number of aromatic nitrogens is 3. The standard InChI is InChI=1S/C18H24N4O2/c1-12-16-14-11-13(24-5)7-8-15(14)21(4)17(16)18(23)22(19-12)10-6-9-20(2)3/h7-8,11H,6,9-10H2,1-5H3. The lowest BCUT2D eigenvalue weighted by molar-refractivity contribution is 0.377. The van der Waals surface area contributed by atoms with Crippen molar-refractivity contribution in [2.75, 3.05) is 27.7 Å². The van der Waals surface area contributed by atoms with Gasteiger partial charge in [0.2, 0.25) is 0 Å². The van der Waals surface area contributed by atoms with Gasteiger partial charge in [-0.25, -0.2) is 4.68 Å². The fourth-order valence-electron chi connectivity index (χ4n) is 3.25. The summed E-state index contributed by atoms with van der Waals surface area (Å²) in [6.45, 7) is 3.51. The van der Waals surface area contributed by atoms with Gasteiger partial charge < -0.3 is 14.2 Å². The van der Waals surface area contributed by atoms with Crippen LogP contribution in [0, 0.1) is 6.92 Å². The molecule has 24 heavy (non-hydrogen) atoms. The van der Waals surface area contributed by atoms with Crippen molar-refractivity contribution in [1.82, 2.24) is 19.2 Å². The number of methoxy groups -OCH3 is 1. The number of rotatable bonds is 5. The van der Waals surface area contributed by atoms with E-state index >= 15 is 0 Å². The van der Waals surface area contributed by atoms with Crippen molar-refractivity contribution in [2.45, 2.75) is 19.9 Å². The first-order valence-corrected chi connectivity index (χ1v) is 8.12. The molecule has 6 heteroatoms. The molecule has 0 amide bonds. The second kappa shape index (κ2) is 6.28. The van der Waals surface area contributed by atoms with Gasteiger partial charge in [-0.05, 0) is 52.2 Å². The molecule has 3 aromatic rings. The van der Waals surface area contributed by atoms with Gasteiger partial charge in [0.15, 0.2) is 0 Å². The summed E-state index contributed by atoms with van der Waals surface area (Å²) >= 11 is 0. The molecular formula is C18H24N4O2. The van der Waals surface area contributed by atoms with Crippen LogP contribution in [0.1, 0.15) is 12.1 Å². The van der Waals surface area contributed by atoms with E-state index in [2.05, 4.69) is 10.00 Å². The fourth-order valence-corrected chi connectivity index (χ4v) is 3.25. The minimum Gasteiger partial charge on any atom is -0.497 e. The Morgan fingerprint density at radius 1 is 1.29 bits per heavy atom. The minimum atomic E-state index is -0.0352. The molecule has 0 N–H and O–H groups in total. The Bertz CT molecular complexity index is 953. The van der Waals surface area contributed by atoms with Crippen LogP contribution in [0.2, 0.25) is 0 Å². The van der Waals surface area contributed by atoms with Crippen LogP contribution in [-0.4, -0.2) is 47.0 Å². The largest absolute Gasteiger partial charge is 0.497 e. The van der Waals surface area contributed by atoms with Gasteiger partial charge in [-0.2, -0.15) is 5.10 Å². The SMILES string of the molecule is COc1ccc2c(c1)c1c(C)nn(CCCN(C)C)c(=O)c1n2C. The van der Waals surface area contributed by atoms with Gasteiger partial charge in [0.25, 0.3) is 5.56 Å². The maximum Gasteiger partial charge on any atom is 0.291 e. The van der Waals surface area contributed by atoms with Crippen molar-refractivity contribution in [3.63, 3.8) is 0 Å². The molecule has 3 rings (SSSR count). The lowest BCUT2D eigenvalue weighted by Gasteiger charge is -2.11. The van der Waals surface area contributed by atoms with Crippen LogP contribution >= 0.6 is 0 Å². The molecule has 6 nitrogen and oxygen atoms in total. The highest BCUT2D eigenvalue weighted by atomic mass is 16.5. The molecule has 0 spiro atoms. The summed E-state index contributed by atoms with van der Waals surface area (Å²) < 4.78 is 8.89. The Balaban J connectivity index is 2.20. The van der Waals surface area contributed by atoms with Gasteiger partial charge in [0.05, 0.1) is 12.8 Å². The van der Waals surface area contributed by atoms with Crippen LogP contribution in [0.5, 0.6) is 5.75 Å². The Hall–Kier alpha value is -2.34. The summed E-state index contributed by atoms with van der Waals surface area (Å²) in [6, 6.07) is 5.88. The van der Waals surface area contributed by atoms with Gasteiger partial charge in [-0.15, -0.1) is 0 Å². The monoisotopic (exact) mass is 328 g/mol. The highest BCUT2D eigenvalue weighted by Gasteiger charge is 2.17. The fraction of sp³-hybridized carbons (Fsp3) is 0.444. The Kier molecular flexibility index (Phi) is 4.32. The smallest absolute Gasteiger partial charge is 0.291 e. The zero-order valence-corrected chi connectivity index (χ0v) is 15.0. The normalized spacial score (nSPS) is 11.8. The third kappa shape index (κ3) is 2.67. The van der Waals surface area contributed by atoms with Crippen molar-refractivity contribution in [2.24, 2.45) is 7.05 Å². The molecule has 0 aliphatic heterocycles. The molecule has 0 saturated carbocycles. The van der Waals surface area contributed by atoms with E-state index in [4.69, 9.17) is 4.74 Å². The summed E-state index contributed by atoms with van der Waals surface area (Å²) in [4.78, 5) is 15.0. The first kappa shape index (κ1) is 16.5. The molecule has 0 radical (unpaired) electrons. The number of nitrogens with zero attached hydrogens (tertiary/aromatic N) is 4. The summed E-state index contributed by atoms with van der Waals surface area (Å²) in [7, 11) is 7.64. The molecule has 0 aliphatic rings. The highest BCUT2D eigenvalue weighted by Crippen LogP contribution is 2.30. The van der Waals surface area contributed by atoms with Crippen LogP contribution < -0.4 is 10.3 Å². The second-order valence-corrected chi connectivity index (χ2v) is 6.44. The van der Waals surface area contributed by atoms with Gasteiger partial charge in [0, 0.05) is 29.9 Å². The van der Waals surface area contributed by atoms with E-state index in [1.807, 2.05) is 50.8 Å². The van der Waals surface area contributed by atoms with E-state index in [1.165, 1.54) is 0 Å². The molecule has 2 heterocycles. The van der Waals surface area contributed by atoms with Crippen molar-refractivity contribution in [1.29, 1.82) is 0 Å². The van der Waals surface area contributed by atoms with Crippen molar-refractivity contribution < 1.29 is 4.74 Å². The predicted octanol–water partition coefficient (Wildman–Crippen LogP) is 2.16. The molecule has 0 saturated heterocycles. The average molecular weight is 328 g/mol. The van der Waals surface area contributed by atoms with Crippen LogP contribution in [0.3, 0.4) is 0 Å². The topological polar surface area (TPSA) is 52.3 Å². The molecule has 1 aromatic carbocycles. The average Bonchev–Trinajstić information content (AvgIpc) is 2.85. The minimum absolute atomic E-state index is 0.0352. The molecule has 0 atom stereocenters. The predicted molar refractivity (Wildman–Crippen MR) is 96.9 cm³/mol. The van der Waals surface area contributed by atoms with Crippen LogP contribution in [0.4, 0.5) is 0 Å². The number of aryl methyl sites for hydroxylation is 3. The molecule has 0 fully saturated rings.